The summed E-state index contributed by atoms with van der Waals surface area (Å²) in [6, 6.07) is -0.343. The molecule has 2 aliphatic heterocycles. The maximum absolute atomic E-state index is 13.6. The molecule has 0 aromatic carbocycles. The van der Waals surface area contributed by atoms with Gasteiger partial charge in [-0.15, -0.1) is 0 Å². The summed E-state index contributed by atoms with van der Waals surface area (Å²) in [6.07, 6.45) is 4.38. The number of aliphatic hydroxyl groups excluding tert-OH is 1. The summed E-state index contributed by atoms with van der Waals surface area (Å²) in [5, 5.41) is 22.8. The Hall–Kier alpha value is -1.93. The number of carbonyl (C=O) groups is 2. The van der Waals surface area contributed by atoms with E-state index in [0.29, 0.717) is 31.0 Å². The highest BCUT2D eigenvalue weighted by atomic mass is 16.3. The third kappa shape index (κ3) is 5.29. The number of likely N-dealkylation sites (tertiary alicyclic amines) is 1. The van der Waals surface area contributed by atoms with Crippen molar-refractivity contribution in [1.29, 1.82) is 5.41 Å². The predicted molar refractivity (Wildman–Crippen MR) is 121 cm³/mol. The molecule has 8 heteroatoms. The van der Waals surface area contributed by atoms with Crippen molar-refractivity contribution in [3.8, 4) is 0 Å². The molecule has 31 heavy (non-hydrogen) atoms. The van der Waals surface area contributed by atoms with E-state index >= 15 is 0 Å². The second-order valence-electron chi connectivity index (χ2n) is 10.3. The van der Waals surface area contributed by atoms with Crippen LogP contribution < -0.4 is 10.7 Å². The maximum Gasteiger partial charge on any atom is 0.243 e. The van der Waals surface area contributed by atoms with Crippen LogP contribution in [0.15, 0.2) is 11.3 Å². The second-order valence-corrected chi connectivity index (χ2v) is 10.3. The molecule has 174 valence electrons. The van der Waals surface area contributed by atoms with Crippen LogP contribution in [0.2, 0.25) is 0 Å². The molecule has 8 nitrogen and oxygen atoms in total. The number of hydrogen-bond donors (Lipinski definition) is 4. The Kier molecular flexibility index (Phi) is 7.11. The molecule has 2 heterocycles. The van der Waals surface area contributed by atoms with Gasteiger partial charge < -0.3 is 20.7 Å². The molecule has 0 aromatic rings. The summed E-state index contributed by atoms with van der Waals surface area (Å²) in [7, 11) is 0. The molecule has 0 aromatic heterocycles. The molecule has 1 unspecified atom stereocenters. The van der Waals surface area contributed by atoms with Gasteiger partial charge in [-0.3, -0.25) is 9.59 Å². The molecule has 2 amide bonds. The summed E-state index contributed by atoms with van der Waals surface area (Å²) in [4.78, 5) is 28.3. The van der Waals surface area contributed by atoms with E-state index in [-0.39, 0.29) is 41.3 Å². The molecule has 0 radical (unpaired) electrons. The van der Waals surface area contributed by atoms with Crippen LogP contribution in [-0.2, 0) is 9.59 Å². The van der Waals surface area contributed by atoms with Crippen molar-refractivity contribution in [2.75, 3.05) is 19.6 Å². The summed E-state index contributed by atoms with van der Waals surface area (Å²) in [5.74, 6) is 0.654. The first kappa shape index (κ1) is 23.7. The molecular weight excluding hydrogens is 394 g/mol. The minimum Gasteiger partial charge on any atom is -0.512 e. The van der Waals surface area contributed by atoms with Gasteiger partial charge in [-0.25, -0.2) is 10.4 Å². The average Bonchev–Trinajstić information content (AvgIpc) is 3.36. The average molecular weight is 434 g/mol. The van der Waals surface area contributed by atoms with E-state index in [1.54, 1.807) is 11.8 Å². The standard InChI is InChI=1S/C23H39N5O3/c1-6-19(29)16(14(2)24)12-25-21(30)18-8-7-11-27(18)22(31)20(23(3,4)5)28-13-17(26-28)15-9-10-15/h15,17-18,20,24,26,29H,6-13H2,1-5H3,(H,25,30)/b19-16-,24-14?/t17?,18-,20+/m0/s1. The van der Waals surface area contributed by atoms with Crippen LogP contribution in [0.5, 0.6) is 0 Å². The second kappa shape index (κ2) is 9.28. The lowest BCUT2D eigenvalue weighted by Gasteiger charge is -2.50. The van der Waals surface area contributed by atoms with Crippen LogP contribution in [0, 0.1) is 16.7 Å². The van der Waals surface area contributed by atoms with E-state index < -0.39 is 6.04 Å². The Morgan fingerprint density at radius 1 is 1.26 bits per heavy atom. The van der Waals surface area contributed by atoms with Gasteiger partial charge in [0.15, 0.2) is 0 Å². The first-order valence-electron chi connectivity index (χ1n) is 11.6. The largest absolute Gasteiger partial charge is 0.512 e. The lowest BCUT2D eigenvalue weighted by molar-refractivity contribution is -0.153. The number of hydrogen-bond acceptors (Lipinski definition) is 6. The van der Waals surface area contributed by atoms with Crippen molar-refractivity contribution < 1.29 is 14.7 Å². The Morgan fingerprint density at radius 3 is 2.42 bits per heavy atom. The number of rotatable bonds is 8. The summed E-state index contributed by atoms with van der Waals surface area (Å²) in [5.41, 5.74) is 3.91. The fourth-order valence-electron chi connectivity index (χ4n) is 4.73. The van der Waals surface area contributed by atoms with Crippen LogP contribution in [0.25, 0.3) is 0 Å². The van der Waals surface area contributed by atoms with E-state index in [0.717, 1.165) is 18.9 Å². The number of amides is 2. The van der Waals surface area contributed by atoms with Gasteiger partial charge in [-0.05, 0) is 43.9 Å². The molecule has 2 saturated heterocycles. The fourth-order valence-corrected chi connectivity index (χ4v) is 4.73. The number of hydrazine groups is 1. The van der Waals surface area contributed by atoms with Gasteiger partial charge in [0, 0.05) is 43.4 Å². The zero-order valence-corrected chi connectivity index (χ0v) is 19.6. The molecule has 1 aliphatic carbocycles. The van der Waals surface area contributed by atoms with Crippen LogP contribution in [0.3, 0.4) is 0 Å². The Labute approximate surface area is 185 Å². The summed E-state index contributed by atoms with van der Waals surface area (Å²) >= 11 is 0. The first-order valence-corrected chi connectivity index (χ1v) is 11.6. The molecule has 4 N–H and O–H groups in total. The highest BCUT2D eigenvalue weighted by Crippen LogP contribution is 2.38. The topological polar surface area (TPSA) is 109 Å². The van der Waals surface area contributed by atoms with Crippen molar-refractivity contribution in [3.63, 3.8) is 0 Å². The van der Waals surface area contributed by atoms with E-state index in [4.69, 9.17) is 5.41 Å². The summed E-state index contributed by atoms with van der Waals surface area (Å²) < 4.78 is 0. The number of nitrogens with zero attached hydrogens (tertiary/aromatic N) is 2. The van der Waals surface area contributed by atoms with E-state index in [1.165, 1.54) is 12.8 Å². The van der Waals surface area contributed by atoms with Gasteiger partial charge in [0.1, 0.15) is 12.1 Å². The van der Waals surface area contributed by atoms with E-state index in [2.05, 4.69) is 36.5 Å². The molecule has 3 aliphatic rings. The van der Waals surface area contributed by atoms with Gasteiger partial charge in [0.05, 0.1) is 5.76 Å². The van der Waals surface area contributed by atoms with Gasteiger partial charge >= 0.3 is 0 Å². The quantitative estimate of drug-likeness (QED) is 0.347. The summed E-state index contributed by atoms with van der Waals surface area (Å²) in [6.45, 7) is 11.2. The van der Waals surface area contributed by atoms with E-state index in [9.17, 15) is 14.7 Å². The SMILES string of the molecule is CC/C(O)=C(\CNC(=O)[C@@H]1CCCN1C(=O)[C@@H](N1CC(C2CC2)N1)C(C)(C)C)C(C)=N. The van der Waals surface area contributed by atoms with Crippen LogP contribution >= 0.6 is 0 Å². The van der Waals surface area contributed by atoms with E-state index in [1.807, 2.05) is 6.92 Å². The predicted octanol–water partition coefficient (Wildman–Crippen LogP) is 2.37. The lowest BCUT2D eigenvalue weighted by Crippen LogP contribution is -2.71. The molecule has 3 fully saturated rings. The lowest BCUT2D eigenvalue weighted by atomic mass is 9.84. The zero-order chi connectivity index (χ0) is 22.9. The number of aliphatic hydroxyl groups is 1. The highest BCUT2D eigenvalue weighted by Gasteiger charge is 2.49. The maximum atomic E-state index is 13.6. The zero-order valence-electron chi connectivity index (χ0n) is 19.6. The fraction of sp³-hybridized carbons (Fsp3) is 0.783. The van der Waals surface area contributed by atoms with Crippen LogP contribution in [0.1, 0.15) is 66.7 Å². The first-order chi connectivity index (χ1) is 14.5. The monoisotopic (exact) mass is 433 g/mol. The number of carbonyl (C=O) groups excluding carboxylic acids is 2. The highest BCUT2D eigenvalue weighted by molar-refractivity contribution is 5.97. The van der Waals surface area contributed by atoms with Gasteiger partial charge in [0.2, 0.25) is 11.8 Å². The van der Waals surface area contributed by atoms with Gasteiger partial charge in [-0.2, -0.15) is 0 Å². The smallest absolute Gasteiger partial charge is 0.243 e. The molecule has 3 atom stereocenters. The molecule has 0 bridgehead atoms. The number of allylic oxidation sites excluding steroid dienone is 1. The Balaban J connectivity index is 1.66. The molecule has 1 saturated carbocycles. The van der Waals surface area contributed by atoms with Gasteiger partial charge in [0.25, 0.3) is 0 Å². The molecule has 3 rings (SSSR count). The normalized spacial score (nSPS) is 26.2. The van der Waals surface area contributed by atoms with Crippen molar-refractivity contribution in [2.45, 2.75) is 84.8 Å². The third-order valence-corrected chi connectivity index (χ3v) is 6.70. The Bertz CT molecular complexity index is 747. The van der Waals surface area contributed by atoms with Crippen molar-refractivity contribution in [3.05, 3.63) is 11.3 Å². The van der Waals surface area contributed by atoms with Crippen LogP contribution in [-0.4, -0.2) is 70.3 Å². The minimum absolute atomic E-state index is 0.00213. The van der Waals surface area contributed by atoms with Gasteiger partial charge in [-0.1, -0.05) is 27.7 Å². The minimum atomic E-state index is -0.506. The van der Waals surface area contributed by atoms with Crippen LogP contribution in [0.4, 0.5) is 0 Å². The molecular formula is C23H39N5O3. The van der Waals surface area contributed by atoms with Crippen molar-refractivity contribution >= 4 is 17.5 Å². The van der Waals surface area contributed by atoms with Crippen molar-refractivity contribution in [1.82, 2.24) is 20.7 Å². The molecule has 0 spiro atoms. The van der Waals surface area contributed by atoms with Crippen molar-refractivity contribution in [2.24, 2.45) is 11.3 Å². The third-order valence-electron chi connectivity index (χ3n) is 6.70. The Morgan fingerprint density at radius 2 is 1.90 bits per heavy atom. The number of nitrogens with one attached hydrogen (secondary N) is 3.